The second-order valence-electron chi connectivity index (χ2n) is 6.91. The third-order valence-electron chi connectivity index (χ3n) is 4.78. The van der Waals surface area contributed by atoms with Crippen LogP contribution in [0.1, 0.15) is 23.2 Å². The van der Waals surface area contributed by atoms with Crippen LogP contribution in [0.5, 0.6) is 17.2 Å². The van der Waals surface area contributed by atoms with Gasteiger partial charge in [-0.05, 0) is 37.1 Å². The van der Waals surface area contributed by atoms with Crippen molar-refractivity contribution in [3.63, 3.8) is 0 Å². The van der Waals surface area contributed by atoms with Gasteiger partial charge >= 0.3 is 0 Å². The van der Waals surface area contributed by atoms with Crippen LogP contribution >= 0.6 is 11.3 Å². The molecule has 1 amide bonds. The quantitative estimate of drug-likeness (QED) is 0.495. The number of pyridine rings is 1. The fourth-order valence-corrected chi connectivity index (χ4v) is 4.13. The molecule has 7 nitrogen and oxygen atoms in total. The van der Waals surface area contributed by atoms with Crippen LogP contribution in [0.4, 0.5) is 5.13 Å². The number of methoxy groups -OCH3 is 1. The number of primary amides is 1. The van der Waals surface area contributed by atoms with Crippen molar-refractivity contribution in [1.82, 2.24) is 9.97 Å². The predicted molar refractivity (Wildman–Crippen MR) is 113 cm³/mol. The third kappa shape index (κ3) is 3.42. The van der Waals surface area contributed by atoms with Crippen LogP contribution in [-0.4, -0.2) is 29.0 Å². The number of rotatable bonds is 6. The smallest absolute Gasteiger partial charge is 0.252 e. The number of amides is 1. The Bertz CT molecular complexity index is 1250. The Balaban J connectivity index is 1.52. The average molecular weight is 406 g/mol. The first-order chi connectivity index (χ1) is 14.1. The van der Waals surface area contributed by atoms with E-state index in [2.05, 4.69) is 15.3 Å². The van der Waals surface area contributed by atoms with E-state index in [1.165, 1.54) is 20.0 Å². The molecule has 1 saturated carbocycles. The second kappa shape index (κ2) is 6.89. The number of hydrogen-bond acceptors (Lipinski definition) is 7. The van der Waals surface area contributed by atoms with Gasteiger partial charge in [0.2, 0.25) is 0 Å². The molecule has 3 N–H and O–H groups in total. The Hall–Kier alpha value is -3.39. The van der Waals surface area contributed by atoms with Crippen molar-refractivity contribution in [2.24, 2.45) is 5.73 Å². The Kier molecular flexibility index (Phi) is 4.21. The summed E-state index contributed by atoms with van der Waals surface area (Å²) in [5, 5.41) is 5.05. The number of hydrogen-bond donors (Lipinski definition) is 2. The van der Waals surface area contributed by atoms with Gasteiger partial charge in [-0.2, -0.15) is 0 Å². The highest BCUT2D eigenvalue weighted by molar-refractivity contribution is 7.22. The van der Waals surface area contributed by atoms with Crippen LogP contribution in [0.25, 0.3) is 21.1 Å². The van der Waals surface area contributed by atoms with E-state index in [9.17, 15) is 4.79 Å². The molecule has 1 aliphatic rings. The zero-order chi connectivity index (χ0) is 20.0. The summed E-state index contributed by atoms with van der Waals surface area (Å²) in [7, 11) is 1.49. The molecular formula is C21H18N4O3S. The van der Waals surface area contributed by atoms with Crippen molar-refractivity contribution in [1.29, 1.82) is 0 Å². The van der Waals surface area contributed by atoms with Gasteiger partial charge < -0.3 is 20.5 Å². The highest BCUT2D eigenvalue weighted by atomic mass is 32.1. The van der Waals surface area contributed by atoms with Crippen LogP contribution in [0.3, 0.4) is 0 Å². The van der Waals surface area contributed by atoms with E-state index in [4.69, 9.17) is 15.2 Å². The highest BCUT2D eigenvalue weighted by Gasteiger charge is 2.22. The first-order valence-corrected chi connectivity index (χ1v) is 10.0. The Labute approximate surface area is 170 Å². The summed E-state index contributed by atoms with van der Waals surface area (Å²) in [6, 6.07) is 11.5. The minimum atomic E-state index is -0.569. The average Bonchev–Trinajstić information content (AvgIpc) is 3.43. The second-order valence-corrected chi connectivity index (χ2v) is 7.94. The standard InChI is InChI=1S/C21H18N4O3S/c1-27-18-10-16-13(9-14(18)20(22)26)17(6-7-23-16)28-12-4-5-15-19(8-12)29-21(25-15)24-11-2-3-11/h4-11H,2-3H2,1H3,(H2,22,26)(H,24,25). The summed E-state index contributed by atoms with van der Waals surface area (Å²) in [6.07, 6.45) is 4.07. The normalized spacial score (nSPS) is 13.6. The van der Waals surface area contributed by atoms with Crippen molar-refractivity contribution < 1.29 is 14.3 Å². The van der Waals surface area contributed by atoms with E-state index >= 15 is 0 Å². The molecule has 2 aromatic heterocycles. The van der Waals surface area contributed by atoms with Crippen LogP contribution in [0.2, 0.25) is 0 Å². The number of nitrogens with one attached hydrogen (secondary N) is 1. The monoisotopic (exact) mass is 406 g/mol. The first kappa shape index (κ1) is 17.7. The summed E-state index contributed by atoms with van der Waals surface area (Å²) in [4.78, 5) is 20.8. The molecule has 0 saturated heterocycles. The number of benzene rings is 2. The van der Waals surface area contributed by atoms with Gasteiger partial charge in [-0.3, -0.25) is 9.78 Å². The lowest BCUT2D eigenvalue weighted by atomic mass is 10.1. The molecule has 2 aromatic carbocycles. The SMILES string of the molecule is COc1cc2nccc(Oc3ccc4nc(NC5CC5)sc4c3)c2cc1C(N)=O. The Morgan fingerprint density at radius 3 is 2.79 bits per heavy atom. The van der Waals surface area contributed by atoms with E-state index < -0.39 is 5.91 Å². The molecule has 0 spiro atoms. The molecule has 8 heteroatoms. The van der Waals surface area contributed by atoms with E-state index in [0.717, 1.165) is 15.3 Å². The number of carbonyl (C=O) groups excluding carboxylic acids is 1. The lowest BCUT2D eigenvalue weighted by molar-refractivity contribution is 0.0997. The number of ether oxygens (including phenoxy) is 2. The molecular weight excluding hydrogens is 388 g/mol. The molecule has 1 aliphatic carbocycles. The van der Waals surface area contributed by atoms with Crippen LogP contribution in [0, 0.1) is 0 Å². The van der Waals surface area contributed by atoms with Gasteiger partial charge in [0.15, 0.2) is 5.13 Å². The minimum Gasteiger partial charge on any atom is -0.496 e. The molecule has 2 heterocycles. The van der Waals surface area contributed by atoms with Gasteiger partial charge in [0.1, 0.15) is 17.2 Å². The first-order valence-electron chi connectivity index (χ1n) is 9.22. The van der Waals surface area contributed by atoms with Gasteiger partial charge in [0, 0.05) is 29.8 Å². The van der Waals surface area contributed by atoms with Gasteiger partial charge in [-0.15, -0.1) is 0 Å². The molecule has 0 atom stereocenters. The molecule has 0 unspecified atom stereocenters. The number of fused-ring (bicyclic) bond motifs is 2. The van der Waals surface area contributed by atoms with E-state index in [1.54, 1.807) is 35.7 Å². The molecule has 1 fully saturated rings. The van der Waals surface area contributed by atoms with Crippen LogP contribution < -0.4 is 20.5 Å². The number of aromatic nitrogens is 2. The molecule has 146 valence electrons. The Morgan fingerprint density at radius 2 is 2.03 bits per heavy atom. The number of nitrogens with zero attached hydrogens (tertiary/aromatic N) is 2. The largest absolute Gasteiger partial charge is 0.496 e. The number of carbonyl (C=O) groups is 1. The predicted octanol–water partition coefficient (Wildman–Crippen LogP) is 4.32. The number of anilines is 1. The fourth-order valence-electron chi connectivity index (χ4n) is 3.16. The summed E-state index contributed by atoms with van der Waals surface area (Å²) in [6.45, 7) is 0. The van der Waals surface area contributed by atoms with Gasteiger partial charge in [0.05, 0.1) is 28.4 Å². The van der Waals surface area contributed by atoms with Crippen LogP contribution in [-0.2, 0) is 0 Å². The van der Waals surface area contributed by atoms with E-state index in [0.29, 0.717) is 34.2 Å². The molecule has 29 heavy (non-hydrogen) atoms. The summed E-state index contributed by atoms with van der Waals surface area (Å²) in [5.74, 6) is 1.08. The topological polar surface area (TPSA) is 99.4 Å². The molecule has 0 radical (unpaired) electrons. The van der Waals surface area contributed by atoms with Crippen molar-refractivity contribution in [2.45, 2.75) is 18.9 Å². The zero-order valence-electron chi connectivity index (χ0n) is 15.6. The van der Waals surface area contributed by atoms with Crippen molar-refractivity contribution >= 4 is 43.5 Å². The summed E-state index contributed by atoms with van der Waals surface area (Å²) >= 11 is 1.61. The van der Waals surface area contributed by atoms with Gasteiger partial charge in [-0.1, -0.05) is 11.3 Å². The van der Waals surface area contributed by atoms with Crippen molar-refractivity contribution in [2.75, 3.05) is 12.4 Å². The number of nitrogens with two attached hydrogens (primary N) is 1. The lowest BCUT2D eigenvalue weighted by Crippen LogP contribution is -2.12. The van der Waals surface area contributed by atoms with Crippen molar-refractivity contribution in [3.8, 4) is 17.2 Å². The highest BCUT2D eigenvalue weighted by Crippen LogP contribution is 2.36. The molecule has 4 aromatic rings. The minimum absolute atomic E-state index is 0.284. The maximum absolute atomic E-state index is 11.8. The third-order valence-corrected chi connectivity index (χ3v) is 5.73. The van der Waals surface area contributed by atoms with Gasteiger partial charge in [0.25, 0.3) is 5.91 Å². The fraction of sp³-hybridized carbons (Fsp3) is 0.190. The summed E-state index contributed by atoms with van der Waals surface area (Å²) < 4.78 is 12.4. The maximum atomic E-state index is 11.8. The maximum Gasteiger partial charge on any atom is 0.252 e. The van der Waals surface area contributed by atoms with Crippen molar-refractivity contribution in [3.05, 3.63) is 48.2 Å². The molecule has 0 bridgehead atoms. The molecule has 5 rings (SSSR count). The lowest BCUT2D eigenvalue weighted by Gasteiger charge is -2.11. The van der Waals surface area contributed by atoms with Crippen LogP contribution in [0.15, 0.2) is 42.6 Å². The molecule has 0 aliphatic heterocycles. The zero-order valence-corrected chi connectivity index (χ0v) is 16.5. The summed E-state index contributed by atoms with van der Waals surface area (Å²) in [5.41, 5.74) is 7.37. The van der Waals surface area contributed by atoms with E-state index in [1.807, 2.05) is 18.2 Å². The van der Waals surface area contributed by atoms with E-state index in [-0.39, 0.29) is 5.56 Å². The van der Waals surface area contributed by atoms with Gasteiger partial charge in [-0.25, -0.2) is 4.98 Å². The Morgan fingerprint density at radius 1 is 1.17 bits per heavy atom. The number of thiazole rings is 1.